The molecule has 2 rings (SSSR count). The maximum absolute atomic E-state index is 5.97. The minimum atomic E-state index is 0.249. The van der Waals surface area contributed by atoms with Crippen LogP contribution in [0.2, 0.25) is 5.15 Å². The normalized spacial score (nSPS) is 22.1. The highest BCUT2D eigenvalue weighted by Crippen LogP contribution is 2.34. The van der Waals surface area contributed by atoms with Gasteiger partial charge >= 0.3 is 0 Å². The van der Waals surface area contributed by atoms with E-state index in [0.29, 0.717) is 11.1 Å². The van der Waals surface area contributed by atoms with Gasteiger partial charge in [-0.25, -0.2) is 9.97 Å². The summed E-state index contributed by atoms with van der Waals surface area (Å²) in [6, 6.07) is 0. The lowest BCUT2D eigenvalue weighted by Gasteiger charge is -2.09. The molecule has 1 fully saturated rings. The number of nitrogens with zero attached hydrogens (tertiary/aromatic N) is 2. The number of nitrogen functional groups attached to an aromatic ring is 1. The maximum Gasteiger partial charge on any atom is 0.221 e. The Morgan fingerprint density at radius 1 is 1.62 bits per heavy atom. The third kappa shape index (κ3) is 1.89. The van der Waals surface area contributed by atoms with Gasteiger partial charge in [-0.15, -0.1) is 0 Å². The monoisotopic (exact) mass is 215 g/mol. The predicted molar refractivity (Wildman–Crippen MR) is 56.1 cm³/mol. The number of rotatable bonds is 1. The highest BCUT2D eigenvalue weighted by atomic mass is 35.5. The molecular weight excluding hydrogens is 206 g/mol. The second-order valence-corrected chi connectivity index (χ2v) is 4.54. The summed E-state index contributed by atoms with van der Waals surface area (Å²) in [7, 11) is 0. The molecule has 1 unspecified atom stereocenters. The summed E-state index contributed by atoms with van der Waals surface area (Å²) in [5.74, 6) is 3.08. The molecule has 1 aromatic rings. The molecule has 5 heteroatoms. The molecule has 3 nitrogen and oxygen atoms in total. The molecule has 1 aliphatic heterocycles. The van der Waals surface area contributed by atoms with Crippen LogP contribution in [0.4, 0.5) is 5.95 Å². The van der Waals surface area contributed by atoms with Crippen molar-refractivity contribution < 1.29 is 0 Å². The summed E-state index contributed by atoms with van der Waals surface area (Å²) in [6.45, 7) is 0. The molecule has 2 heterocycles. The quantitative estimate of drug-likeness (QED) is 0.728. The van der Waals surface area contributed by atoms with Crippen molar-refractivity contribution in [1.29, 1.82) is 0 Å². The van der Waals surface area contributed by atoms with Crippen molar-refractivity contribution in [2.45, 2.75) is 12.3 Å². The van der Waals surface area contributed by atoms with E-state index >= 15 is 0 Å². The molecule has 0 bridgehead atoms. The largest absolute Gasteiger partial charge is 0.368 e. The Bertz CT molecular complexity index is 312. The van der Waals surface area contributed by atoms with Crippen LogP contribution >= 0.6 is 23.4 Å². The van der Waals surface area contributed by atoms with Crippen molar-refractivity contribution in [3.8, 4) is 0 Å². The number of aromatic nitrogens is 2. The van der Waals surface area contributed by atoms with Gasteiger partial charge in [-0.05, 0) is 18.1 Å². The van der Waals surface area contributed by atoms with Crippen LogP contribution in [0, 0.1) is 0 Å². The van der Waals surface area contributed by atoms with E-state index in [1.54, 1.807) is 6.20 Å². The summed E-state index contributed by atoms with van der Waals surface area (Å²) in [4.78, 5) is 7.90. The van der Waals surface area contributed by atoms with Gasteiger partial charge in [0.15, 0.2) is 0 Å². The molecule has 1 saturated heterocycles. The number of hydrogen-bond acceptors (Lipinski definition) is 4. The Balaban J connectivity index is 2.29. The number of halogens is 1. The van der Waals surface area contributed by atoms with Crippen molar-refractivity contribution in [2.75, 3.05) is 17.2 Å². The fourth-order valence-electron chi connectivity index (χ4n) is 1.44. The third-order valence-corrected chi connectivity index (χ3v) is 3.62. The third-order valence-electron chi connectivity index (χ3n) is 2.16. The SMILES string of the molecule is Nc1ncc(C2CCSC2)c(Cl)n1. The molecule has 0 saturated carbocycles. The van der Waals surface area contributed by atoms with Crippen molar-refractivity contribution >= 4 is 29.3 Å². The van der Waals surface area contributed by atoms with Crippen LogP contribution in [0.15, 0.2) is 6.20 Å². The Hall–Kier alpha value is -0.480. The Kier molecular flexibility index (Phi) is 2.60. The van der Waals surface area contributed by atoms with Gasteiger partial charge in [0, 0.05) is 17.5 Å². The average molecular weight is 216 g/mol. The molecule has 2 N–H and O–H groups in total. The molecule has 1 aromatic heterocycles. The smallest absolute Gasteiger partial charge is 0.221 e. The van der Waals surface area contributed by atoms with E-state index in [1.807, 2.05) is 11.8 Å². The van der Waals surface area contributed by atoms with E-state index in [1.165, 1.54) is 5.75 Å². The highest BCUT2D eigenvalue weighted by molar-refractivity contribution is 7.99. The molecule has 0 aromatic carbocycles. The maximum atomic E-state index is 5.97. The molecule has 0 amide bonds. The van der Waals surface area contributed by atoms with Crippen molar-refractivity contribution in [1.82, 2.24) is 9.97 Å². The van der Waals surface area contributed by atoms with Crippen molar-refractivity contribution in [3.05, 3.63) is 16.9 Å². The lowest BCUT2D eigenvalue weighted by Crippen LogP contribution is -2.02. The summed E-state index contributed by atoms with van der Waals surface area (Å²) in [5.41, 5.74) is 6.46. The average Bonchev–Trinajstić information content (AvgIpc) is 2.56. The second-order valence-electron chi connectivity index (χ2n) is 3.03. The molecular formula is C8H10ClN3S. The van der Waals surface area contributed by atoms with Gasteiger partial charge in [0.2, 0.25) is 5.95 Å². The lowest BCUT2D eigenvalue weighted by molar-refractivity contribution is 0.771. The van der Waals surface area contributed by atoms with E-state index in [0.717, 1.165) is 17.7 Å². The van der Waals surface area contributed by atoms with Crippen molar-refractivity contribution in [3.63, 3.8) is 0 Å². The minimum Gasteiger partial charge on any atom is -0.368 e. The zero-order valence-corrected chi connectivity index (χ0v) is 8.61. The molecule has 1 aliphatic rings. The fourth-order valence-corrected chi connectivity index (χ4v) is 2.97. The van der Waals surface area contributed by atoms with Crippen molar-refractivity contribution in [2.24, 2.45) is 0 Å². The van der Waals surface area contributed by atoms with E-state index in [9.17, 15) is 0 Å². The summed E-state index contributed by atoms with van der Waals surface area (Å²) >= 11 is 7.91. The van der Waals surface area contributed by atoms with Gasteiger partial charge < -0.3 is 5.73 Å². The first-order valence-corrected chi connectivity index (χ1v) is 5.66. The molecule has 1 atom stereocenters. The van der Waals surface area contributed by atoms with Gasteiger partial charge in [0.05, 0.1) is 0 Å². The van der Waals surface area contributed by atoms with Crippen LogP contribution in [-0.2, 0) is 0 Å². The molecule has 0 spiro atoms. The summed E-state index contributed by atoms with van der Waals surface area (Å²) in [5, 5.41) is 0.514. The van der Waals surface area contributed by atoms with Crippen LogP contribution in [0.25, 0.3) is 0 Å². The van der Waals surface area contributed by atoms with E-state index < -0.39 is 0 Å². The van der Waals surface area contributed by atoms with Crippen LogP contribution in [0.3, 0.4) is 0 Å². The van der Waals surface area contributed by atoms with Gasteiger partial charge in [0.1, 0.15) is 5.15 Å². The number of anilines is 1. The molecule has 70 valence electrons. The van der Waals surface area contributed by atoms with Crippen LogP contribution < -0.4 is 5.73 Å². The first kappa shape index (κ1) is 9.09. The summed E-state index contributed by atoms with van der Waals surface area (Å²) < 4.78 is 0. The van der Waals surface area contributed by atoms with E-state index in [2.05, 4.69) is 9.97 Å². The second kappa shape index (κ2) is 3.72. The Labute approximate surface area is 86.1 Å². The number of hydrogen-bond donors (Lipinski definition) is 1. The predicted octanol–water partition coefficient (Wildman–Crippen LogP) is 1.93. The summed E-state index contributed by atoms with van der Waals surface area (Å²) in [6.07, 6.45) is 2.92. The topological polar surface area (TPSA) is 51.8 Å². The van der Waals surface area contributed by atoms with Crippen LogP contribution in [0.5, 0.6) is 0 Å². The van der Waals surface area contributed by atoms with E-state index in [4.69, 9.17) is 17.3 Å². The van der Waals surface area contributed by atoms with Gasteiger partial charge in [-0.1, -0.05) is 11.6 Å². The molecule has 0 aliphatic carbocycles. The Morgan fingerprint density at radius 2 is 2.46 bits per heavy atom. The van der Waals surface area contributed by atoms with Gasteiger partial charge in [-0.2, -0.15) is 11.8 Å². The van der Waals surface area contributed by atoms with Gasteiger partial charge in [0.25, 0.3) is 0 Å². The van der Waals surface area contributed by atoms with Gasteiger partial charge in [-0.3, -0.25) is 0 Å². The zero-order valence-electron chi connectivity index (χ0n) is 7.03. The molecule has 13 heavy (non-hydrogen) atoms. The standard InChI is InChI=1S/C8H10ClN3S/c9-7-6(3-11-8(10)12-7)5-1-2-13-4-5/h3,5H,1-2,4H2,(H2,10,11,12). The van der Waals surface area contributed by atoms with Crippen LogP contribution in [-0.4, -0.2) is 21.5 Å². The zero-order chi connectivity index (χ0) is 9.26. The lowest BCUT2D eigenvalue weighted by atomic mass is 10.0. The minimum absolute atomic E-state index is 0.249. The Morgan fingerprint density at radius 3 is 3.08 bits per heavy atom. The van der Waals surface area contributed by atoms with E-state index in [-0.39, 0.29) is 5.95 Å². The first-order valence-electron chi connectivity index (χ1n) is 4.13. The fraction of sp³-hybridized carbons (Fsp3) is 0.500. The number of thioether (sulfide) groups is 1. The highest BCUT2D eigenvalue weighted by Gasteiger charge is 2.20. The molecule has 0 radical (unpaired) electrons. The number of nitrogens with two attached hydrogens (primary N) is 1. The van der Waals surface area contributed by atoms with Crippen LogP contribution in [0.1, 0.15) is 17.9 Å². The first-order chi connectivity index (χ1) is 6.27.